The van der Waals surface area contributed by atoms with Gasteiger partial charge in [-0.1, -0.05) is 65.3 Å². The van der Waals surface area contributed by atoms with E-state index in [0.717, 1.165) is 45.2 Å². The van der Waals surface area contributed by atoms with Gasteiger partial charge in [0.15, 0.2) is 7.05 Å². The van der Waals surface area contributed by atoms with Gasteiger partial charge in [-0.3, -0.25) is 0 Å². The lowest BCUT2D eigenvalue weighted by Crippen LogP contribution is -2.68. The van der Waals surface area contributed by atoms with Gasteiger partial charge in [-0.2, -0.15) is 0 Å². The van der Waals surface area contributed by atoms with Gasteiger partial charge in [-0.25, -0.2) is 18.6 Å². The van der Waals surface area contributed by atoms with Gasteiger partial charge in [0.05, 0.1) is 5.57 Å². The molecule has 0 amide bonds. The van der Waals surface area contributed by atoms with E-state index in [0.29, 0.717) is 0 Å². The molecule has 2 aliphatic heterocycles. The topological polar surface area (TPSA) is 117 Å². The van der Waals surface area contributed by atoms with Crippen LogP contribution in [0.3, 0.4) is 0 Å². The number of rotatable bonds is 2. The molecule has 0 radical (unpaired) electrons. The Morgan fingerprint density at radius 3 is 1.55 bits per heavy atom. The second kappa shape index (κ2) is 9.38. The van der Waals surface area contributed by atoms with Gasteiger partial charge in [0, 0.05) is 18.1 Å². The first-order chi connectivity index (χ1) is 14.6. The molecule has 0 bridgehead atoms. The summed E-state index contributed by atoms with van der Waals surface area (Å²) in [4.78, 5) is 0. The fraction of sp³-hybridized carbons (Fsp3) is 0.130. The molecule has 8 heteroatoms. The Kier molecular flexibility index (Phi) is 6.84. The smallest absolute Gasteiger partial charge is 0.214 e. The van der Waals surface area contributed by atoms with Gasteiger partial charge in [-0.05, 0) is 29.8 Å². The highest BCUT2D eigenvalue weighted by Gasteiger charge is 2.28. The lowest BCUT2D eigenvalue weighted by Gasteiger charge is -2.19. The average Bonchev–Trinajstić information content (AvgIpc) is 2.99. The molecule has 0 saturated carbocycles. The van der Waals surface area contributed by atoms with Gasteiger partial charge in [0.25, 0.3) is 0 Å². The molecule has 0 aliphatic carbocycles. The first-order valence-corrected chi connectivity index (χ1v) is 10.6. The number of nitrogens with zero attached hydrogens (tertiary/aromatic N) is 2. The third-order valence-electron chi connectivity index (χ3n) is 4.71. The van der Waals surface area contributed by atoms with E-state index in [1.54, 1.807) is 0 Å². The normalized spacial score (nSPS) is 16.2. The maximum atomic E-state index is 8.49. The predicted molar refractivity (Wildman–Crippen MR) is 107 cm³/mol. The fourth-order valence-corrected chi connectivity index (χ4v) is 3.33. The van der Waals surface area contributed by atoms with Crippen molar-refractivity contribution in [2.75, 3.05) is 7.05 Å². The molecule has 160 valence electrons. The average molecular weight is 441 g/mol. The molecule has 7 nitrogen and oxygen atoms in total. The minimum Gasteiger partial charge on any atom is -0.456 e. The molecule has 2 aromatic rings. The van der Waals surface area contributed by atoms with E-state index < -0.39 is 10.2 Å². The highest BCUT2D eigenvalue weighted by molar-refractivity contribution is 6.24. The largest absolute Gasteiger partial charge is 0.456 e. The lowest BCUT2D eigenvalue weighted by atomic mass is 9.96. The van der Waals surface area contributed by atoms with E-state index in [1.807, 2.05) is 48.1 Å². The summed E-state index contributed by atoms with van der Waals surface area (Å²) < 4.78 is 42.2. The second-order valence-electron chi connectivity index (χ2n) is 6.85. The number of hydrogen-bond acceptors (Lipinski definition) is 6. The molecule has 2 aromatic carbocycles. The van der Waals surface area contributed by atoms with E-state index in [4.69, 9.17) is 23.4 Å². The van der Waals surface area contributed by atoms with Crippen LogP contribution in [0.1, 0.15) is 25.0 Å². The Bertz CT molecular complexity index is 1050. The zero-order valence-electron chi connectivity index (χ0n) is 17.2. The molecule has 31 heavy (non-hydrogen) atoms. The van der Waals surface area contributed by atoms with Gasteiger partial charge < -0.3 is 4.74 Å². The quantitative estimate of drug-likeness (QED) is 0.615. The van der Waals surface area contributed by atoms with Crippen molar-refractivity contribution in [3.8, 4) is 0 Å². The van der Waals surface area contributed by atoms with E-state index in [2.05, 4.69) is 55.4 Å². The second-order valence-corrected chi connectivity index (χ2v) is 7.61. The van der Waals surface area contributed by atoms with Gasteiger partial charge in [0.1, 0.15) is 17.2 Å². The summed E-state index contributed by atoms with van der Waals surface area (Å²) in [6.07, 6.45) is 4.22. The summed E-state index contributed by atoms with van der Waals surface area (Å²) in [6, 6.07) is 20.4. The van der Waals surface area contributed by atoms with Crippen LogP contribution in [0.25, 0.3) is 11.5 Å². The van der Waals surface area contributed by atoms with Crippen molar-refractivity contribution in [3.63, 3.8) is 0 Å². The molecular weight excluding hydrogens is 420 g/mol. The van der Waals surface area contributed by atoms with Crippen LogP contribution in [-0.4, -0.2) is 23.2 Å². The maximum Gasteiger partial charge on any atom is 0.214 e. The van der Waals surface area contributed by atoms with E-state index >= 15 is 0 Å². The Morgan fingerprint density at radius 1 is 0.774 bits per heavy atom. The standard InChI is InChI=1S/C23H21N2O.ClHO4/c1-16-23(17(2)25(3)24-16)20-14-21(18-10-6-4-7-11-18)26-22(15-20)19-12-8-5-9-13-19;2-1(3,4)5/h4-15H,1-3H3;(H,2,3,4,5)/q+1;/p-1. The van der Waals surface area contributed by atoms with Crippen molar-refractivity contribution in [2.24, 2.45) is 5.10 Å². The third kappa shape index (κ3) is 5.97. The Labute approximate surface area is 182 Å². The molecule has 0 aromatic heterocycles. The van der Waals surface area contributed by atoms with Crippen LogP contribution in [-0.2, 0) is 4.74 Å². The number of hydrogen-bond donors (Lipinski definition) is 0. The fourth-order valence-electron chi connectivity index (χ4n) is 3.33. The summed E-state index contributed by atoms with van der Waals surface area (Å²) in [5, 5.41) is 4.58. The van der Waals surface area contributed by atoms with Gasteiger partial charge >= 0.3 is 0 Å². The zero-order chi connectivity index (χ0) is 22.6. The molecule has 0 saturated heterocycles. The predicted octanol–water partition coefficient (Wildman–Crippen LogP) is 0.132. The molecule has 0 atom stereocenters. The van der Waals surface area contributed by atoms with Gasteiger partial charge in [0.2, 0.25) is 5.71 Å². The molecule has 2 heterocycles. The molecule has 2 aliphatic rings. The highest BCUT2D eigenvalue weighted by atomic mass is 35.7. The SMILES string of the molecule is CC1=N[N+](C)=C(C)C1=C1C=C(c2ccccc2)OC(c2ccccc2)=C1.[O-][Cl+3]([O-])([O-])[O-]. The lowest BCUT2D eigenvalue weighted by molar-refractivity contribution is -2.00. The summed E-state index contributed by atoms with van der Waals surface area (Å²) in [6.45, 7) is 4.15. The van der Waals surface area contributed by atoms with Gasteiger partial charge in [-0.15, -0.1) is 10.2 Å². The first kappa shape index (κ1) is 22.6. The maximum absolute atomic E-state index is 8.49. The Hall–Kier alpha value is -3.07. The number of benzene rings is 2. The third-order valence-corrected chi connectivity index (χ3v) is 4.71. The van der Waals surface area contributed by atoms with E-state index in [-0.39, 0.29) is 0 Å². The van der Waals surface area contributed by atoms with E-state index in [9.17, 15) is 0 Å². The number of ether oxygens (including phenoxy) is 1. The number of halogens is 1. The summed E-state index contributed by atoms with van der Waals surface area (Å²) in [7, 11) is -2.96. The van der Waals surface area contributed by atoms with Crippen molar-refractivity contribution < 1.29 is 38.3 Å². The monoisotopic (exact) mass is 440 g/mol. The van der Waals surface area contributed by atoms with E-state index in [1.165, 1.54) is 0 Å². The van der Waals surface area contributed by atoms with Crippen LogP contribution in [0.5, 0.6) is 0 Å². The van der Waals surface area contributed by atoms with Crippen molar-refractivity contribution in [1.29, 1.82) is 0 Å². The molecule has 0 N–H and O–H groups in total. The molecule has 0 spiro atoms. The molecule has 0 unspecified atom stereocenters. The summed E-state index contributed by atoms with van der Waals surface area (Å²) in [5.41, 5.74) is 6.58. The Balaban J connectivity index is 0.000000491. The summed E-state index contributed by atoms with van der Waals surface area (Å²) >= 11 is 0. The van der Waals surface area contributed by atoms with Crippen molar-refractivity contribution >= 4 is 22.9 Å². The molecule has 4 rings (SSSR count). The van der Waals surface area contributed by atoms with Crippen LogP contribution < -0.4 is 18.6 Å². The van der Waals surface area contributed by atoms with Crippen LogP contribution in [0.4, 0.5) is 0 Å². The highest BCUT2D eigenvalue weighted by Crippen LogP contribution is 2.34. The first-order valence-electron chi connectivity index (χ1n) is 9.35. The number of hydrazone groups is 1. The van der Waals surface area contributed by atoms with Crippen LogP contribution in [0, 0.1) is 10.2 Å². The molecule has 0 fully saturated rings. The Morgan fingerprint density at radius 2 is 1.19 bits per heavy atom. The summed E-state index contributed by atoms with van der Waals surface area (Å²) in [5.74, 6) is 1.70. The van der Waals surface area contributed by atoms with Crippen molar-refractivity contribution in [3.05, 3.63) is 95.1 Å². The molecular formula is C23H21ClN2O5. The zero-order valence-corrected chi connectivity index (χ0v) is 18.0. The van der Waals surface area contributed by atoms with Crippen LogP contribution in [0.15, 0.2) is 89.1 Å². The van der Waals surface area contributed by atoms with Crippen LogP contribution >= 0.6 is 0 Å². The number of allylic oxidation sites excluding steroid dienone is 4. The van der Waals surface area contributed by atoms with Crippen LogP contribution in [0.2, 0.25) is 0 Å². The minimum atomic E-state index is -4.94. The minimum absolute atomic E-state index is 0.851. The van der Waals surface area contributed by atoms with Crippen molar-refractivity contribution in [1.82, 2.24) is 0 Å². The van der Waals surface area contributed by atoms with Crippen molar-refractivity contribution in [2.45, 2.75) is 13.8 Å².